The van der Waals surface area contributed by atoms with Gasteiger partial charge >= 0.3 is 0 Å². The molecule has 0 amide bonds. The Bertz CT molecular complexity index is 949. The van der Waals surface area contributed by atoms with Crippen LogP contribution in [0.15, 0.2) is 12.3 Å². The van der Waals surface area contributed by atoms with Crippen LogP contribution in [-0.2, 0) is 14.2 Å². The number of hydrogen-bond acceptors (Lipinski definition) is 9. The van der Waals surface area contributed by atoms with Crippen LogP contribution in [0.25, 0.3) is 0 Å². The van der Waals surface area contributed by atoms with E-state index < -0.39 is 0 Å². The first-order valence-corrected chi connectivity index (χ1v) is 18.8. The van der Waals surface area contributed by atoms with Crippen LogP contribution in [0.2, 0.25) is 0 Å². The zero-order valence-electron chi connectivity index (χ0n) is 35.5. The van der Waals surface area contributed by atoms with Gasteiger partial charge in [0, 0.05) is 46.1 Å². The summed E-state index contributed by atoms with van der Waals surface area (Å²) in [5.74, 6) is 0.748. The number of nitrogens with zero attached hydrogens (tertiary/aromatic N) is 3. The summed E-state index contributed by atoms with van der Waals surface area (Å²) < 4.78 is 18.1. The maximum absolute atomic E-state index is 10.2. The van der Waals surface area contributed by atoms with Crippen LogP contribution in [0.4, 0.5) is 0 Å². The summed E-state index contributed by atoms with van der Waals surface area (Å²) in [5.41, 5.74) is -1.55. The molecule has 3 saturated heterocycles. The molecule has 0 aromatic rings. The average molecular weight is 700 g/mol. The van der Waals surface area contributed by atoms with E-state index in [-0.39, 0.29) is 62.7 Å². The van der Waals surface area contributed by atoms with Gasteiger partial charge in [0.15, 0.2) is 0 Å². The minimum absolute atomic E-state index is 0.0749. The number of allylic oxidation sites excluding steroid dienone is 1. The molecule has 0 spiro atoms. The first-order chi connectivity index (χ1) is 21.7. The molecule has 9 nitrogen and oxygen atoms in total. The summed E-state index contributed by atoms with van der Waals surface area (Å²) in [6, 6.07) is 0. The van der Waals surface area contributed by atoms with Gasteiger partial charge in [-0.15, -0.1) is 0 Å². The van der Waals surface area contributed by atoms with Crippen LogP contribution in [0, 0.1) is 0 Å². The third kappa shape index (κ3) is 13.3. The Hall–Kier alpha value is -0.780. The molecule has 3 aliphatic rings. The van der Waals surface area contributed by atoms with Crippen LogP contribution in [0.3, 0.4) is 0 Å². The number of hydroxylamine groups is 6. The van der Waals surface area contributed by atoms with E-state index in [1.807, 2.05) is 34.6 Å². The number of rotatable bonds is 8. The molecule has 3 heterocycles. The third-order valence-corrected chi connectivity index (χ3v) is 10.8. The zero-order valence-corrected chi connectivity index (χ0v) is 35.5. The molecule has 0 unspecified atom stereocenters. The van der Waals surface area contributed by atoms with Crippen molar-refractivity contribution in [3.8, 4) is 0 Å². The van der Waals surface area contributed by atoms with Crippen molar-refractivity contribution >= 4 is 0 Å². The fraction of sp³-hybridized carbons (Fsp3) is 0.950. The molecule has 9 heteroatoms. The van der Waals surface area contributed by atoms with Crippen molar-refractivity contribution in [2.45, 2.75) is 246 Å². The van der Waals surface area contributed by atoms with Crippen LogP contribution >= 0.6 is 0 Å². The highest BCUT2D eigenvalue weighted by Crippen LogP contribution is 2.41. The van der Waals surface area contributed by atoms with E-state index in [0.29, 0.717) is 0 Å². The van der Waals surface area contributed by atoms with Gasteiger partial charge in [0.25, 0.3) is 0 Å². The SMILES string of the molecule is C=C(C)OC1CC(C)(C)N(O)C(C)(C)C1.CCC(C)(C)OC1CC(C)(C)N(O)C(C)(C)C1.CCC(C)(C)OC1CC(C)(C)N(O)C(C)(C)C1. The van der Waals surface area contributed by atoms with E-state index in [9.17, 15) is 15.6 Å². The minimum Gasteiger partial charge on any atom is -0.496 e. The molecule has 0 aromatic carbocycles. The Labute approximate surface area is 302 Å². The van der Waals surface area contributed by atoms with Crippen LogP contribution in [0.1, 0.15) is 183 Å². The van der Waals surface area contributed by atoms with Gasteiger partial charge < -0.3 is 29.8 Å². The van der Waals surface area contributed by atoms with Crippen LogP contribution < -0.4 is 0 Å². The van der Waals surface area contributed by atoms with Crippen molar-refractivity contribution in [2.75, 3.05) is 0 Å². The van der Waals surface area contributed by atoms with Gasteiger partial charge in [-0.05, 0) is 156 Å². The van der Waals surface area contributed by atoms with E-state index >= 15 is 0 Å². The van der Waals surface area contributed by atoms with Crippen LogP contribution in [-0.4, -0.2) is 93.6 Å². The quantitative estimate of drug-likeness (QED) is 0.214. The lowest BCUT2D eigenvalue weighted by atomic mass is 9.80. The second-order valence-corrected chi connectivity index (χ2v) is 20.2. The minimum atomic E-state index is -0.248. The molecule has 3 aliphatic heterocycles. The Morgan fingerprint density at radius 3 is 0.918 bits per heavy atom. The van der Waals surface area contributed by atoms with Crippen molar-refractivity contribution < 1.29 is 29.8 Å². The maximum atomic E-state index is 10.2. The lowest BCUT2D eigenvalue weighted by Crippen LogP contribution is -2.61. The number of ether oxygens (including phenoxy) is 3. The predicted octanol–water partition coefficient (Wildman–Crippen LogP) is 10.2. The monoisotopic (exact) mass is 700 g/mol. The van der Waals surface area contributed by atoms with Gasteiger partial charge in [-0.2, -0.15) is 15.2 Å². The number of hydrogen-bond donors (Lipinski definition) is 3. The summed E-state index contributed by atoms with van der Waals surface area (Å²) in [6.07, 6.45) is 7.73. The first-order valence-electron chi connectivity index (χ1n) is 18.8. The van der Waals surface area contributed by atoms with Crippen molar-refractivity contribution in [1.82, 2.24) is 15.2 Å². The topological polar surface area (TPSA) is 98.1 Å². The molecular formula is C40H81N3O6. The van der Waals surface area contributed by atoms with Gasteiger partial charge in [0.05, 0.1) is 29.2 Å². The molecule has 292 valence electrons. The molecule has 0 aliphatic carbocycles. The largest absolute Gasteiger partial charge is 0.496 e. The van der Waals surface area contributed by atoms with E-state index in [0.717, 1.165) is 57.1 Å². The van der Waals surface area contributed by atoms with Gasteiger partial charge in [-0.3, -0.25) is 0 Å². The Morgan fingerprint density at radius 2 is 0.735 bits per heavy atom. The molecule has 0 bridgehead atoms. The summed E-state index contributed by atoms with van der Waals surface area (Å²) in [4.78, 5) is 0. The van der Waals surface area contributed by atoms with E-state index in [1.54, 1.807) is 0 Å². The molecule has 0 atom stereocenters. The van der Waals surface area contributed by atoms with Gasteiger partial charge in [-0.1, -0.05) is 20.4 Å². The lowest BCUT2D eigenvalue weighted by molar-refractivity contribution is -0.269. The van der Waals surface area contributed by atoms with Crippen molar-refractivity contribution in [1.29, 1.82) is 0 Å². The molecule has 0 saturated carbocycles. The Kier molecular flexibility index (Phi) is 15.2. The fourth-order valence-corrected chi connectivity index (χ4v) is 8.14. The predicted molar refractivity (Wildman–Crippen MR) is 201 cm³/mol. The summed E-state index contributed by atoms with van der Waals surface area (Å²) in [6.45, 7) is 43.2. The van der Waals surface area contributed by atoms with Crippen molar-refractivity contribution in [2.24, 2.45) is 0 Å². The summed E-state index contributed by atoms with van der Waals surface area (Å²) in [5, 5.41) is 35.0. The summed E-state index contributed by atoms with van der Waals surface area (Å²) in [7, 11) is 0. The fourth-order valence-electron chi connectivity index (χ4n) is 8.14. The molecular weight excluding hydrogens is 618 g/mol. The molecule has 3 N–H and O–H groups in total. The highest BCUT2D eigenvalue weighted by Gasteiger charge is 2.48. The zero-order chi connectivity index (χ0) is 38.8. The summed E-state index contributed by atoms with van der Waals surface area (Å²) >= 11 is 0. The molecule has 3 rings (SSSR count). The van der Waals surface area contributed by atoms with Gasteiger partial charge in [0.2, 0.25) is 0 Å². The highest BCUT2D eigenvalue weighted by molar-refractivity contribution is 5.00. The van der Waals surface area contributed by atoms with Crippen molar-refractivity contribution in [3.63, 3.8) is 0 Å². The lowest BCUT2D eigenvalue weighted by Gasteiger charge is -2.52. The van der Waals surface area contributed by atoms with E-state index in [4.69, 9.17) is 14.2 Å². The molecule has 49 heavy (non-hydrogen) atoms. The first kappa shape index (κ1) is 46.2. The average Bonchev–Trinajstić information content (AvgIpc) is 2.88. The highest BCUT2D eigenvalue weighted by atomic mass is 16.5. The normalized spacial score (nSPS) is 26.2. The van der Waals surface area contributed by atoms with Crippen molar-refractivity contribution in [3.05, 3.63) is 12.3 Å². The van der Waals surface area contributed by atoms with Gasteiger partial charge in [0.1, 0.15) is 6.10 Å². The standard InChI is InChI=1S/2C14H29NO2.C12H23NO2/c2*1-8-14(6,7)17-11-9-12(2,3)15(16)13(4,5)10-11;1-9(2)15-10-7-11(3,4)13(14)12(5,6)8-10/h2*11,16H,8-10H2,1-7H3;10,14H,1,7-8H2,2-6H3. The third-order valence-electron chi connectivity index (χ3n) is 10.8. The maximum Gasteiger partial charge on any atom is 0.102 e. The molecule has 0 radical (unpaired) electrons. The van der Waals surface area contributed by atoms with Gasteiger partial charge in [-0.25, -0.2) is 0 Å². The van der Waals surface area contributed by atoms with E-state index in [2.05, 4.69) is 104 Å². The Balaban J connectivity index is 0.000000368. The molecule has 3 fully saturated rings. The second-order valence-electron chi connectivity index (χ2n) is 20.2. The second kappa shape index (κ2) is 16.1. The number of piperidine rings is 3. The van der Waals surface area contributed by atoms with Crippen LogP contribution in [0.5, 0.6) is 0 Å². The van der Waals surface area contributed by atoms with E-state index in [1.165, 1.54) is 15.2 Å². The smallest absolute Gasteiger partial charge is 0.102 e. The molecule has 0 aromatic heterocycles. The Morgan fingerprint density at radius 1 is 0.531 bits per heavy atom.